The molecule has 0 bridgehead atoms. The van der Waals surface area contributed by atoms with Crippen LogP contribution in [0.4, 0.5) is 0 Å². The molecule has 0 radical (unpaired) electrons. The predicted molar refractivity (Wildman–Crippen MR) is 72.4 cm³/mol. The molecule has 0 aliphatic carbocycles. The number of esters is 1. The number of halogens is 1. The summed E-state index contributed by atoms with van der Waals surface area (Å²) in [5.41, 5.74) is 2.75. The quantitative estimate of drug-likeness (QED) is 0.747. The molecule has 0 N–H and O–H groups in total. The molecule has 90 valence electrons. The van der Waals surface area contributed by atoms with Crippen LogP contribution in [0.5, 0.6) is 0 Å². The van der Waals surface area contributed by atoms with E-state index in [1.807, 2.05) is 48.5 Å². The minimum Gasteiger partial charge on any atom is -0.454 e. The van der Waals surface area contributed by atoms with Gasteiger partial charge in [-0.05, 0) is 23.3 Å². The van der Waals surface area contributed by atoms with Crippen molar-refractivity contribution in [2.24, 2.45) is 0 Å². The first-order valence-corrected chi connectivity index (χ1v) is 6.58. The van der Waals surface area contributed by atoms with Crippen molar-refractivity contribution in [1.82, 2.24) is 0 Å². The maximum absolute atomic E-state index is 12.0. The van der Waals surface area contributed by atoms with Crippen LogP contribution >= 0.6 is 15.9 Å². The summed E-state index contributed by atoms with van der Waals surface area (Å²) in [5.74, 6) is -0.244. The van der Waals surface area contributed by atoms with E-state index in [0.717, 1.165) is 22.0 Å². The van der Waals surface area contributed by atoms with Gasteiger partial charge in [-0.2, -0.15) is 0 Å². The third kappa shape index (κ3) is 2.06. The molecule has 0 amide bonds. The summed E-state index contributed by atoms with van der Waals surface area (Å²) >= 11 is 3.37. The van der Waals surface area contributed by atoms with Crippen LogP contribution in [0.15, 0.2) is 53.0 Å². The molecule has 1 atom stereocenters. The molecule has 0 saturated carbocycles. The molecule has 0 saturated heterocycles. The molecule has 1 aliphatic heterocycles. The van der Waals surface area contributed by atoms with Crippen molar-refractivity contribution < 1.29 is 9.53 Å². The average molecular weight is 303 g/mol. The normalized spacial score (nSPS) is 18.1. The van der Waals surface area contributed by atoms with Gasteiger partial charge in [0.1, 0.15) is 6.10 Å². The van der Waals surface area contributed by atoms with Gasteiger partial charge in [0.05, 0.1) is 5.56 Å². The lowest BCUT2D eigenvalue weighted by Crippen LogP contribution is -2.21. The van der Waals surface area contributed by atoms with E-state index in [2.05, 4.69) is 15.9 Å². The van der Waals surface area contributed by atoms with Crippen molar-refractivity contribution in [2.75, 3.05) is 0 Å². The fourth-order valence-electron chi connectivity index (χ4n) is 2.20. The molecule has 18 heavy (non-hydrogen) atoms. The molecule has 2 aromatic carbocycles. The van der Waals surface area contributed by atoms with Crippen molar-refractivity contribution in [3.05, 3.63) is 69.7 Å². The Labute approximate surface area is 114 Å². The summed E-state index contributed by atoms with van der Waals surface area (Å²) in [6, 6.07) is 15.6. The first-order valence-electron chi connectivity index (χ1n) is 5.78. The maximum atomic E-state index is 12.0. The highest BCUT2D eigenvalue weighted by molar-refractivity contribution is 9.10. The highest BCUT2D eigenvalue weighted by atomic mass is 79.9. The van der Waals surface area contributed by atoms with Gasteiger partial charge in [-0.25, -0.2) is 4.79 Å². The average Bonchev–Trinajstić information content (AvgIpc) is 2.40. The smallest absolute Gasteiger partial charge is 0.339 e. The summed E-state index contributed by atoms with van der Waals surface area (Å²) in [6.45, 7) is 0. The summed E-state index contributed by atoms with van der Waals surface area (Å²) in [5, 5.41) is 0. The summed E-state index contributed by atoms with van der Waals surface area (Å²) in [6.07, 6.45) is 0.561. The third-order valence-corrected chi connectivity index (χ3v) is 3.61. The van der Waals surface area contributed by atoms with Gasteiger partial charge in [-0.15, -0.1) is 0 Å². The van der Waals surface area contributed by atoms with Crippen LogP contribution < -0.4 is 0 Å². The van der Waals surface area contributed by atoms with Crippen molar-refractivity contribution in [3.8, 4) is 0 Å². The Balaban J connectivity index is 1.97. The third-order valence-electron chi connectivity index (χ3n) is 3.12. The monoisotopic (exact) mass is 302 g/mol. The standard InChI is InChI=1S/C15H11BrO2/c16-12-7-6-11-8-14(10-4-2-1-3-5-10)18-15(17)13(11)9-12/h1-7,9,14H,8H2/t14-/m1/s1. The summed E-state index contributed by atoms with van der Waals surface area (Å²) in [7, 11) is 0. The number of hydrogen-bond donors (Lipinski definition) is 0. The van der Waals surface area contributed by atoms with E-state index in [1.165, 1.54) is 0 Å². The van der Waals surface area contributed by atoms with E-state index in [1.54, 1.807) is 0 Å². The van der Waals surface area contributed by atoms with Crippen LogP contribution in [0.3, 0.4) is 0 Å². The zero-order valence-corrected chi connectivity index (χ0v) is 11.2. The molecule has 2 nitrogen and oxygen atoms in total. The Morgan fingerprint density at radius 2 is 1.89 bits per heavy atom. The molecule has 0 fully saturated rings. The molecule has 0 aromatic heterocycles. The zero-order chi connectivity index (χ0) is 12.5. The van der Waals surface area contributed by atoms with Gasteiger partial charge < -0.3 is 4.74 Å². The lowest BCUT2D eigenvalue weighted by atomic mass is 9.95. The number of rotatable bonds is 1. The van der Waals surface area contributed by atoms with Crippen LogP contribution in [0.25, 0.3) is 0 Å². The number of ether oxygens (including phenoxy) is 1. The number of hydrogen-bond acceptors (Lipinski definition) is 2. The van der Waals surface area contributed by atoms with Gasteiger partial charge in [0.2, 0.25) is 0 Å². The Kier molecular flexibility index (Phi) is 2.92. The molecule has 3 rings (SSSR count). The van der Waals surface area contributed by atoms with Gasteiger partial charge in [0, 0.05) is 10.9 Å². The molecule has 0 spiro atoms. The Hall–Kier alpha value is -1.61. The van der Waals surface area contributed by atoms with E-state index in [9.17, 15) is 4.79 Å². The van der Waals surface area contributed by atoms with Gasteiger partial charge in [-0.1, -0.05) is 52.3 Å². The van der Waals surface area contributed by atoms with Crippen LogP contribution in [0, 0.1) is 0 Å². The number of cyclic esters (lactones) is 1. The minimum atomic E-state index is -0.244. The summed E-state index contributed by atoms with van der Waals surface area (Å²) in [4.78, 5) is 12.0. The number of carbonyl (C=O) groups is 1. The summed E-state index contributed by atoms with van der Waals surface area (Å²) < 4.78 is 6.39. The molecular weight excluding hydrogens is 292 g/mol. The molecule has 1 aliphatic rings. The van der Waals surface area contributed by atoms with Crippen LogP contribution in [0.2, 0.25) is 0 Å². The Bertz CT molecular complexity index is 593. The van der Waals surface area contributed by atoms with E-state index >= 15 is 0 Å². The fourth-order valence-corrected chi connectivity index (χ4v) is 2.57. The fraction of sp³-hybridized carbons (Fsp3) is 0.133. The second-order valence-corrected chi connectivity index (χ2v) is 5.23. The van der Waals surface area contributed by atoms with Gasteiger partial charge in [-0.3, -0.25) is 0 Å². The van der Waals surface area contributed by atoms with Crippen LogP contribution in [0.1, 0.15) is 27.6 Å². The largest absolute Gasteiger partial charge is 0.454 e. The van der Waals surface area contributed by atoms with E-state index in [-0.39, 0.29) is 12.1 Å². The Morgan fingerprint density at radius 1 is 1.11 bits per heavy atom. The topological polar surface area (TPSA) is 26.3 Å². The highest BCUT2D eigenvalue weighted by Gasteiger charge is 2.27. The van der Waals surface area contributed by atoms with Gasteiger partial charge in [0.15, 0.2) is 0 Å². The highest BCUT2D eigenvalue weighted by Crippen LogP contribution is 2.31. The van der Waals surface area contributed by atoms with Crippen LogP contribution in [-0.4, -0.2) is 5.97 Å². The number of carbonyl (C=O) groups excluding carboxylic acids is 1. The van der Waals surface area contributed by atoms with Crippen molar-refractivity contribution in [1.29, 1.82) is 0 Å². The van der Waals surface area contributed by atoms with Crippen molar-refractivity contribution >= 4 is 21.9 Å². The molecule has 1 heterocycles. The zero-order valence-electron chi connectivity index (χ0n) is 9.60. The molecular formula is C15H11BrO2. The number of benzene rings is 2. The lowest BCUT2D eigenvalue weighted by molar-refractivity contribution is 0.0253. The van der Waals surface area contributed by atoms with Crippen molar-refractivity contribution in [3.63, 3.8) is 0 Å². The molecule has 3 heteroatoms. The first kappa shape index (κ1) is 11.5. The second-order valence-electron chi connectivity index (χ2n) is 4.31. The van der Waals surface area contributed by atoms with E-state index < -0.39 is 0 Å². The minimum absolute atomic E-state index is 0.174. The van der Waals surface area contributed by atoms with Gasteiger partial charge in [0.25, 0.3) is 0 Å². The Morgan fingerprint density at radius 3 is 2.67 bits per heavy atom. The first-order chi connectivity index (χ1) is 8.74. The van der Waals surface area contributed by atoms with Crippen LogP contribution in [-0.2, 0) is 11.2 Å². The second kappa shape index (κ2) is 4.58. The lowest BCUT2D eigenvalue weighted by Gasteiger charge is -2.25. The van der Waals surface area contributed by atoms with Crippen molar-refractivity contribution in [2.45, 2.75) is 12.5 Å². The van der Waals surface area contributed by atoms with E-state index in [0.29, 0.717) is 5.56 Å². The SMILES string of the molecule is O=C1O[C@@H](c2ccccc2)Cc2ccc(Br)cc21. The molecule has 0 unspecified atom stereocenters. The predicted octanol–water partition coefficient (Wildman–Crippen LogP) is 3.90. The number of fused-ring (bicyclic) bond motifs is 1. The maximum Gasteiger partial charge on any atom is 0.339 e. The molecule has 2 aromatic rings. The van der Waals surface area contributed by atoms with E-state index in [4.69, 9.17) is 4.74 Å². The van der Waals surface area contributed by atoms with Gasteiger partial charge >= 0.3 is 5.97 Å².